The lowest BCUT2D eigenvalue weighted by Crippen LogP contribution is -2.26. The van der Waals surface area contributed by atoms with Crippen LogP contribution in [0.15, 0.2) is 18.2 Å². The van der Waals surface area contributed by atoms with Crippen molar-refractivity contribution in [2.24, 2.45) is 0 Å². The average Bonchev–Trinajstić information content (AvgIpc) is 2.24. The molecule has 0 unspecified atom stereocenters. The van der Waals surface area contributed by atoms with Gasteiger partial charge in [0.2, 0.25) is 5.91 Å². The first-order valence-electron chi connectivity index (χ1n) is 4.83. The van der Waals surface area contributed by atoms with Crippen LogP contribution >= 0.6 is 23.2 Å². The fourth-order valence-electron chi connectivity index (χ4n) is 1.29. The van der Waals surface area contributed by atoms with Crippen LogP contribution in [-0.2, 0) is 11.3 Å². The van der Waals surface area contributed by atoms with Crippen molar-refractivity contribution in [3.63, 3.8) is 0 Å². The van der Waals surface area contributed by atoms with E-state index < -0.39 is 0 Å². The van der Waals surface area contributed by atoms with Crippen molar-refractivity contribution < 1.29 is 9.90 Å². The van der Waals surface area contributed by atoms with Crippen LogP contribution in [-0.4, -0.2) is 29.6 Å². The molecule has 1 rings (SSSR count). The number of aliphatic hydroxyl groups excluding tert-OH is 1. The summed E-state index contributed by atoms with van der Waals surface area (Å²) >= 11 is 11.6. The van der Waals surface area contributed by atoms with Crippen LogP contribution in [0.25, 0.3) is 0 Å². The van der Waals surface area contributed by atoms with Crippen molar-refractivity contribution in [3.05, 3.63) is 33.8 Å². The third-order valence-corrected chi connectivity index (χ3v) is 2.89. The summed E-state index contributed by atoms with van der Waals surface area (Å²) in [5, 5.41) is 9.62. The number of rotatable bonds is 4. The quantitative estimate of drug-likeness (QED) is 0.904. The molecule has 0 bridgehead atoms. The average molecular weight is 262 g/mol. The van der Waals surface area contributed by atoms with Gasteiger partial charge in [-0.25, -0.2) is 0 Å². The van der Waals surface area contributed by atoms with Gasteiger partial charge in [-0.2, -0.15) is 0 Å². The van der Waals surface area contributed by atoms with E-state index in [0.717, 1.165) is 5.56 Å². The van der Waals surface area contributed by atoms with Gasteiger partial charge in [0.05, 0.1) is 16.7 Å². The number of carbonyl (C=O) groups excluding carboxylic acids is 1. The summed E-state index contributed by atoms with van der Waals surface area (Å²) < 4.78 is 0. The van der Waals surface area contributed by atoms with Gasteiger partial charge in [-0.05, 0) is 17.7 Å². The van der Waals surface area contributed by atoms with Gasteiger partial charge >= 0.3 is 0 Å². The summed E-state index contributed by atoms with van der Waals surface area (Å²) in [6, 6.07) is 5.24. The minimum absolute atomic E-state index is 0.103. The largest absolute Gasteiger partial charge is 0.396 e. The van der Waals surface area contributed by atoms with Gasteiger partial charge in [0.15, 0.2) is 0 Å². The molecule has 5 heteroatoms. The van der Waals surface area contributed by atoms with Gasteiger partial charge in [-0.1, -0.05) is 29.3 Å². The Hall–Kier alpha value is -0.770. The Morgan fingerprint density at radius 3 is 2.62 bits per heavy atom. The van der Waals surface area contributed by atoms with Crippen LogP contribution in [0.1, 0.15) is 12.0 Å². The van der Waals surface area contributed by atoms with Crippen LogP contribution in [0.2, 0.25) is 10.0 Å². The van der Waals surface area contributed by atoms with Crippen LogP contribution < -0.4 is 0 Å². The second kappa shape index (κ2) is 6.09. The third-order valence-electron chi connectivity index (χ3n) is 2.16. The van der Waals surface area contributed by atoms with Gasteiger partial charge in [0, 0.05) is 20.0 Å². The lowest BCUT2D eigenvalue weighted by Gasteiger charge is -2.17. The molecule has 0 atom stereocenters. The number of nitrogens with zero attached hydrogens (tertiary/aromatic N) is 1. The molecule has 0 fully saturated rings. The smallest absolute Gasteiger partial charge is 0.224 e. The number of hydrogen-bond donors (Lipinski definition) is 1. The summed E-state index contributed by atoms with van der Waals surface area (Å²) in [6.07, 6.45) is 0.137. The molecule has 0 aromatic heterocycles. The monoisotopic (exact) mass is 261 g/mol. The topological polar surface area (TPSA) is 40.5 Å². The molecule has 0 spiro atoms. The van der Waals surface area contributed by atoms with Gasteiger partial charge in [0.25, 0.3) is 0 Å². The van der Waals surface area contributed by atoms with E-state index in [1.54, 1.807) is 19.2 Å². The van der Waals surface area contributed by atoms with Crippen LogP contribution in [0, 0.1) is 0 Å². The molecular weight excluding hydrogens is 249 g/mol. The molecule has 16 heavy (non-hydrogen) atoms. The van der Waals surface area contributed by atoms with Crippen LogP contribution in [0.4, 0.5) is 0 Å². The minimum Gasteiger partial charge on any atom is -0.396 e. The zero-order chi connectivity index (χ0) is 12.1. The summed E-state index contributed by atoms with van der Waals surface area (Å²) in [6.45, 7) is 0.320. The highest BCUT2D eigenvalue weighted by atomic mass is 35.5. The van der Waals surface area contributed by atoms with Crippen molar-refractivity contribution in [2.45, 2.75) is 13.0 Å². The van der Waals surface area contributed by atoms with Crippen molar-refractivity contribution in [1.82, 2.24) is 4.90 Å². The molecule has 1 amide bonds. The Morgan fingerprint density at radius 1 is 1.38 bits per heavy atom. The Labute approximate surface area is 105 Å². The maximum absolute atomic E-state index is 11.4. The van der Waals surface area contributed by atoms with Crippen molar-refractivity contribution in [2.75, 3.05) is 13.7 Å². The van der Waals surface area contributed by atoms with E-state index >= 15 is 0 Å². The second-order valence-electron chi connectivity index (χ2n) is 3.47. The van der Waals surface area contributed by atoms with E-state index in [0.29, 0.717) is 16.6 Å². The SMILES string of the molecule is CN(Cc1ccc(Cl)c(Cl)c1)C(=O)CCO. The first-order valence-corrected chi connectivity index (χ1v) is 5.59. The van der Waals surface area contributed by atoms with E-state index in [2.05, 4.69) is 0 Å². The highest BCUT2D eigenvalue weighted by Crippen LogP contribution is 2.23. The van der Waals surface area contributed by atoms with Crippen molar-refractivity contribution >= 4 is 29.1 Å². The van der Waals surface area contributed by atoms with Gasteiger partial charge in [-0.3, -0.25) is 4.79 Å². The normalized spacial score (nSPS) is 10.2. The van der Waals surface area contributed by atoms with Crippen LogP contribution in [0.5, 0.6) is 0 Å². The first-order chi connectivity index (χ1) is 7.54. The molecule has 0 radical (unpaired) electrons. The van der Waals surface area contributed by atoms with Crippen molar-refractivity contribution in [3.8, 4) is 0 Å². The molecule has 0 aliphatic rings. The maximum atomic E-state index is 11.4. The van der Waals surface area contributed by atoms with Gasteiger partial charge < -0.3 is 10.0 Å². The molecule has 1 aromatic carbocycles. The van der Waals surface area contributed by atoms with E-state index in [9.17, 15) is 4.79 Å². The molecule has 0 heterocycles. The fourth-order valence-corrected chi connectivity index (χ4v) is 1.61. The zero-order valence-electron chi connectivity index (χ0n) is 8.91. The number of benzene rings is 1. The molecule has 0 saturated carbocycles. The van der Waals surface area contributed by atoms with E-state index in [-0.39, 0.29) is 18.9 Å². The van der Waals surface area contributed by atoms with Gasteiger partial charge in [-0.15, -0.1) is 0 Å². The van der Waals surface area contributed by atoms with Gasteiger partial charge in [0.1, 0.15) is 0 Å². The van der Waals surface area contributed by atoms with E-state index in [1.165, 1.54) is 4.90 Å². The summed E-state index contributed by atoms with van der Waals surface area (Å²) in [5.74, 6) is -0.103. The highest BCUT2D eigenvalue weighted by Gasteiger charge is 2.09. The number of carbonyl (C=O) groups is 1. The molecule has 88 valence electrons. The Balaban J connectivity index is 2.66. The highest BCUT2D eigenvalue weighted by molar-refractivity contribution is 6.42. The Bertz CT molecular complexity index is 382. The van der Waals surface area contributed by atoms with Crippen LogP contribution in [0.3, 0.4) is 0 Å². The Kier molecular flexibility index (Phi) is 5.06. The number of halogens is 2. The maximum Gasteiger partial charge on any atom is 0.224 e. The van der Waals surface area contributed by atoms with E-state index in [1.807, 2.05) is 6.07 Å². The minimum atomic E-state index is -0.134. The third kappa shape index (κ3) is 3.67. The summed E-state index contributed by atoms with van der Waals surface area (Å²) in [5.41, 5.74) is 0.906. The first kappa shape index (κ1) is 13.3. The molecule has 0 aliphatic carbocycles. The number of hydrogen-bond acceptors (Lipinski definition) is 2. The Morgan fingerprint density at radius 2 is 2.06 bits per heavy atom. The predicted octanol–water partition coefficient (Wildman–Crippen LogP) is 2.33. The van der Waals surface area contributed by atoms with E-state index in [4.69, 9.17) is 28.3 Å². The molecule has 1 N–H and O–H groups in total. The predicted molar refractivity (Wildman–Crippen MR) is 64.6 cm³/mol. The zero-order valence-corrected chi connectivity index (χ0v) is 10.4. The molecule has 3 nitrogen and oxygen atoms in total. The lowest BCUT2D eigenvalue weighted by atomic mass is 10.2. The molecule has 0 saturated heterocycles. The number of aliphatic hydroxyl groups is 1. The lowest BCUT2D eigenvalue weighted by molar-refractivity contribution is -0.131. The standard InChI is InChI=1S/C11H13Cl2NO2/c1-14(11(16)4-5-15)7-8-2-3-9(12)10(13)6-8/h2-3,6,15H,4-5,7H2,1H3. The summed E-state index contributed by atoms with van der Waals surface area (Å²) in [4.78, 5) is 12.9. The molecule has 0 aliphatic heterocycles. The molecule has 1 aromatic rings. The second-order valence-corrected chi connectivity index (χ2v) is 4.29. The fraction of sp³-hybridized carbons (Fsp3) is 0.364. The number of amides is 1. The summed E-state index contributed by atoms with van der Waals surface area (Å²) in [7, 11) is 1.68. The van der Waals surface area contributed by atoms with Crippen molar-refractivity contribution in [1.29, 1.82) is 0 Å². The molecular formula is C11H13Cl2NO2.